The molecule has 4 aromatic heterocycles. The lowest BCUT2D eigenvalue weighted by molar-refractivity contribution is -0.372. The molecule has 25 N–H and O–H groups in total. The number of nitrogen functional groups attached to an aromatic ring is 1. The second kappa shape index (κ2) is 35.8. The van der Waals surface area contributed by atoms with Crippen molar-refractivity contribution in [3.05, 3.63) is 56.8 Å². The number of H-pyrrole nitrogens is 1. The van der Waals surface area contributed by atoms with Crippen molar-refractivity contribution in [1.29, 1.82) is 0 Å². The van der Waals surface area contributed by atoms with Crippen molar-refractivity contribution in [2.75, 3.05) is 56.8 Å². The number of thiazole rings is 2. The maximum atomic E-state index is 15.2. The van der Waals surface area contributed by atoms with E-state index in [4.69, 9.17) is 52.4 Å². The summed E-state index contributed by atoms with van der Waals surface area (Å²) in [4.78, 5) is 131. The van der Waals surface area contributed by atoms with Crippen molar-refractivity contribution >= 4 is 86.8 Å². The number of ether oxygens (including phenoxy) is 5. The van der Waals surface area contributed by atoms with Crippen LogP contribution in [0.1, 0.15) is 88.8 Å². The van der Waals surface area contributed by atoms with E-state index in [9.17, 15) is 74.4 Å². The van der Waals surface area contributed by atoms with E-state index in [1.807, 2.05) is 0 Å². The standard InChI is InChI=1S/C55H83N17O21S3/c1-20-33(69-46(72-44(20)58)25(12-31(57)76)64-13-24(56)45(59)82)50(86)71-35(41(26-14-61-19-65-26)91-54-43(39(80)37(78)29(15-73)90-54)92-53-40(81)42(93-55(60)88)38(79)30(16-74)89-53)51(87)66-22(3)36(77)21(2)47(83)70-34(23(4)75)49(85)63-10-8-32-67-28(18-94-32)52-68-27(17-95-52)48(84)62-9-7-11-96(5)6/h14,17-19,21-25,29-30,34-43,53-54,64,73-75,77-81H,7-13,15-16,56H2,1-6H3,(H13-,57,58,59,60,61,62,63,65,66,69,70,71,72,76,82,83,84,85,86,87,88)/p+1/t21-,22+,23+,24-,25-,29-,30+,34-,35-,36-,37+,38+,39-,40-,41-,42-,43-,53+,54+/m1/s1. The number of imidazole rings is 1. The summed E-state index contributed by atoms with van der Waals surface area (Å²) in [6, 6.07) is -7.85. The van der Waals surface area contributed by atoms with Gasteiger partial charge in [0.25, 0.3) is 11.8 Å². The zero-order chi connectivity index (χ0) is 71.0. The quantitative estimate of drug-likeness (QED) is 0.0150. The number of aromatic amines is 1. The summed E-state index contributed by atoms with van der Waals surface area (Å²) >= 11 is 2.52. The van der Waals surface area contributed by atoms with Crippen LogP contribution < -0.4 is 60.6 Å². The molecule has 0 saturated carbocycles. The number of primary amides is 3. The van der Waals surface area contributed by atoms with Gasteiger partial charge in [-0.05, 0) is 31.7 Å². The van der Waals surface area contributed by atoms with Crippen molar-refractivity contribution < 1.29 is 103 Å². The minimum absolute atomic E-state index is 0.00498. The number of hydrogen-bond donors (Lipinski definition) is 20. The number of carbonyl (C=O) groups excluding carboxylic acids is 8. The minimum Gasteiger partial charge on any atom is -0.441 e. The number of anilines is 1. The van der Waals surface area contributed by atoms with Crippen LogP contribution >= 0.6 is 22.7 Å². The van der Waals surface area contributed by atoms with E-state index in [1.165, 1.54) is 50.4 Å². The van der Waals surface area contributed by atoms with Crippen molar-refractivity contribution in [2.24, 2.45) is 28.9 Å². The van der Waals surface area contributed by atoms with Crippen LogP contribution in [0.4, 0.5) is 10.6 Å². The molecule has 2 fully saturated rings. The Kier molecular flexibility index (Phi) is 29.0. The molecule has 19 atom stereocenters. The van der Waals surface area contributed by atoms with Gasteiger partial charge < -0.3 is 130 Å². The van der Waals surface area contributed by atoms with Gasteiger partial charge in [-0.2, -0.15) is 0 Å². The predicted octanol–water partition coefficient (Wildman–Crippen LogP) is -7.70. The first-order valence-electron chi connectivity index (χ1n) is 29.8. The molecule has 2 aliphatic heterocycles. The van der Waals surface area contributed by atoms with E-state index in [0.717, 1.165) is 24.7 Å². The van der Waals surface area contributed by atoms with Gasteiger partial charge in [-0.25, -0.2) is 29.7 Å². The molecule has 6 heterocycles. The Balaban J connectivity index is 1.26. The Hall–Kier alpha value is -7.30. The molecule has 4 aromatic rings. The largest absolute Gasteiger partial charge is 0.441 e. The molecule has 0 spiro atoms. The SMILES string of the molecule is Cc1c(N)nc([C@@H](CC(N)=O)NC[C@@H](N)C(N)=O)nc1C(=O)N[C@@H](C(=O)N[C@@H](C)[C@H](O)[C@@H](C)C(=O)N[C@@H](C(=O)NCCc1nc(-c2nc(C(=O)NCCC[S+](C)C)cs2)cs1)[C@H](C)O)[C@H](O[C@@H]1O[C@H](CO)[C@H](O)[C@@H](O)[C@H]1O[C@@H]1O[C@@H](CO)[C@H](O)[C@@H](OC(N)=O)[C@H]1O)c1cnc[nH]1. The van der Waals surface area contributed by atoms with Crippen LogP contribution in [0.5, 0.6) is 0 Å². The van der Waals surface area contributed by atoms with Gasteiger partial charge in [-0.15, -0.1) is 22.7 Å². The highest BCUT2D eigenvalue weighted by Crippen LogP contribution is 2.35. The molecule has 0 aromatic carbocycles. The van der Waals surface area contributed by atoms with Gasteiger partial charge in [0.2, 0.25) is 29.5 Å². The fraction of sp³-hybridized carbons (Fsp3) is 0.618. The number of aliphatic hydroxyl groups is 8. The van der Waals surface area contributed by atoms with Crippen molar-refractivity contribution in [1.82, 2.24) is 61.8 Å². The summed E-state index contributed by atoms with van der Waals surface area (Å²) in [6.45, 7) is 3.18. The normalized spacial score (nSPS) is 24.0. The Bertz CT molecular complexity index is 3280. The van der Waals surface area contributed by atoms with Crippen LogP contribution in [0.15, 0.2) is 23.3 Å². The van der Waals surface area contributed by atoms with Gasteiger partial charge in [-0.1, -0.05) is 6.92 Å². The van der Waals surface area contributed by atoms with Crippen molar-refractivity contribution in [2.45, 2.75) is 157 Å². The maximum absolute atomic E-state index is 15.2. The average Bonchev–Trinajstić information content (AvgIpc) is 0.885. The number of rotatable bonds is 35. The van der Waals surface area contributed by atoms with Gasteiger partial charge >= 0.3 is 6.09 Å². The number of aliphatic hydroxyl groups excluding tert-OH is 8. The van der Waals surface area contributed by atoms with Crippen LogP contribution in [-0.4, -0.2) is 267 Å². The first-order chi connectivity index (χ1) is 45.3. The van der Waals surface area contributed by atoms with Crippen LogP contribution in [0.3, 0.4) is 0 Å². The summed E-state index contributed by atoms with van der Waals surface area (Å²) in [5.41, 5.74) is 28.1. The highest BCUT2D eigenvalue weighted by molar-refractivity contribution is 7.95. The molecular weight excluding hydrogens is 1330 g/mol. The molecule has 8 amide bonds. The van der Waals surface area contributed by atoms with Crippen molar-refractivity contribution in [3.63, 3.8) is 0 Å². The van der Waals surface area contributed by atoms with E-state index in [-0.39, 0.29) is 64.9 Å². The van der Waals surface area contributed by atoms with E-state index in [1.54, 1.807) is 10.8 Å². The lowest BCUT2D eigenvalue weighted by Crippen LogP contribution is -2.65. The molecule has 96 heavy (non-hydrogen) atoms. The van der Waals surface area contributed by atoms with E-state index < -0.39 is 183 Å². The Labute approximate surface area is 559 Å². The summed E-state index contributed by atoms with van der Waals surface area (Å²) in [7, 11) is 0.254. The molecule has 532 valence electrons. The summed E-state index contributed by atoms with van der Waals surface area (Å²) in [5, 5.41) is 108. The molecule has 38 nitrogen and oxygen atoms in total. The molecule has 0 unspecified atom stereocenters. The first kappa shape index (κ1) is 77.7. The number of nitrogens with zero attached hydrogens (tertiary/aromatic N) is 5. The highest BCUT2D eigenvalue weighted by atomic mass is 32.2. The molecule has 2 saturated heterocycles. The number of amides is 8. The third kappa shape index (κ3) is 20.6. The highest BCUT2D eigenvalue weighted by Gasteiger charge is 2.54. The minimum atomic E-state index is -2.20. The Morgan fingerprint density at radius 3 is 2.09 bits per heavy atom. The summed E-state index contributed by atoms with van der Waals surface area (Å²) in [5.74, 6) is -7.69. The number of nitrogens with one attached hydrogen (secondary N) is 7. The predicted molar refractivity (Wildman–Crippen MR) is 339 cm³/mol. The van der Waals surface area contributed by atoms with Crippen LogP contribution in [0.25, 0.3) is 10.7 Å². The Morgan fingerprint density at radius 1 is 0.781 bits per heavy atom. The Morgan fingerprint density at radius 2 is 1.47 bits per heavy atom. The molecular formula is C55H84N17O21S3+. The molecule has 2 aliphatic rings. The third-order valence-electron chi connectivity index (χ3n) is 15.3. The number of aromatic nitrogens is 6. The monoisotopic (exact) mass is 1410 g/mol. The second-order valence-electron chi connectivity index (χ2n) is 22.8. The second-order valence-corrected chi connectivity index (χ2v) is 27.0. The first-order valence-corrected chi connectivity index (χ1v) is 33.8. The van der Waals surface area contributed by atoms with Crippen LogP contribution in [0.2, 0.25) is 0 Å². The summed E-state index contributed by atoms with van der Waals surface area (Å²) < 4.78 is 28.7. The van der Waals surface area contributed by atoms with Gasteiger partial charge in [0.05, 0.1) is 85.2 Å². The zero-order valence-electron chi connectivity index (χ0n) is 52.9. The molecule has 6 rings (SSSR count). The number of carbonyl (C=O) groups is 8. The molecule has 0 radical (unpaired) electrons. The maximum Gasteiger partial charge on any atom is 0.404 e. The molecule has 0 aliphatic carbocycles. The lowest BCUT2D eigenvalue weighted by atomic mass is 9.96. The van der Waals surface area contributed by atoms with Crippen LogP contribution in [0, 0.1) is 12.8 Å². The van der Waals surface area contributed by atoms with Crippen LogP contribution in [-0.2, 0) is 65.0 Å². The lowest BCUT2D eigenvalue weighted by Gasteiger charge is -2.47. The molecule has 0 bridgehead atoms. The van der Waals surface area contributed by atoms with Gasteiger partial charge in [0.1, 0.15) is 100 Å². The fourth-order valence-electron chi connectivity index (χ4n) is 9.80. The van der Waals surface area contributed by atoms with Gasteiger partial charge in [0.15, 0.2) is 18.7 Å². The smallest absolute Gasteiger partial charge is 0.404 e. The third-order valence-corrected chi connectivity index (χ3v) is 18.2. The van der Waals surface area contributed by atoms with E-state index in [0.29, 0.717) is 22.3 Å². The number of hydrogen-bond acceptors (Lipinski definition) is 31. The van der Waals surface area contributed by atoms with Gasteiger partial charge in [0, 0.05) is 55.2 Å². The van der Waals surface area contributed by atoms with Crippen molar-refractivity contribution in [3.8, 4) is 10.7 Å². The average molecular weight is 1420 g/mol. The van der Waals surface area contributed by atoms with E-state index >= 15 is 4.79 Å². The zero-order valence-corrected chi connectivity index (χ0v) is 55.3. The topological polar surface area (TPSA) is 627 Å². The van der Waals surface area contributed by atoms with E-state index in [2.05, 4.69) is 74.3 Å². The van der Waals surface area contributed by atoms with Gasteiger partial charge in [-0.3, -0.25) is 33.6 Å². The summed E-state index contributed by atoms with van der Waals surface area (Å²) in [6.07, 6.45) is -20.0. The molecule has 41 heteroatoms. The number of nitrogens with two attached hydrogens (primary N) is 5. The fourth-order valence-corrected chi connectivity index (χ4v) is 12.1.